The van der Waals surface area contributed by atoms with Gasteiger partial charge in [-0.3, -0.25) is 4.98 Å². The van der Waals surface area contributed by atoms with E-state index in [-0.39, 0.29) is 6.61 Å². The number of nitrogens with zero attached hydrogens (tertiary/aromatic N) is 1. The van der Waals surface area contributed by atoms with Gasteiger partial charge in [0, 0.05) is 22.8 Å². The summed E-state index contributed by atoms with van der Waals surface area (Å²) in [6.45, 7) is 0.409. The van der Waals surface area contributed by atoms with Crippen LogP contribution in [0.1, 0.15) is 11.1 Å². The summed E-state index contributed by atoms with van der Waals surface area (Å²) >= 11 is 0. The first-order chi connectivity index (χ1) is 10.3. The number of nitrogens with two attached hydrogens (primary N) is 1. The van der Waals surface area contributed by atoms with Crippen molar-refractivity contribution in [2.75, 3.05) is 5.73 Å². The van der Waals surface area contributed by atoms with E-state index in [2.05, 4.69) is 4.98 Å². The van der Waals surface area contributed by atoms with Gasteiger partial charge in [0.2, 0.25) is 0 Å². The fourth-order valence-corrected chi connectivity index (χ4v) is 2.26. The molecule has 0 saturated carbocycles. The van der Waals surface area contributed by atoms with Crippen LogP contribution in [0.5, 0.6) is 5.75 Å². The van der Waals surface area contributed by atoms with Crippen LogP contribution in [0.2, 0.25) is 0 Å². The number of rotatable bonds is 4. The molecule has 0 radical (unpaired) electrons. The minimum atomic E-state index is 0.00353. The SMILES string of the molecule is Nc1ccc(COc2cccc(CO)c2)c2ncccc12. The fraction of sp³-hybridized carbons (Fsp3) is 0.118. The number of aliphatic hydroxyl groups excluding tert-OH is 1. The molecule has 106 valence electrons. The largest absolute Gasteiger partial charge is 0.489 e. The Labute approximate surface area is 122 Å². The van der Waals surface area contributed by atoms with Crippen molar-refractivity contribution in [2.45, 2.75) is 13.2 Å². The molecule has 0 bridgehead atoms. The van der Waals surface area contributed by atoms with Crippen LogP contribution in [-0.4, -0.2) is 10.1 Å². The normalized spacial score (nSPS) is 10.7. The summed E-state index contributed by atoms with van der Waals surface area (Å²) in [5.41, 5.74) is 9.34. The predicted octanol–water partition coefficient (Wildman–Crippen LogP) is 2.89. The lowest BCUT2D eigenvalue weighted by Crippen LogP contribution is -1.99. The van der Waals surface area contributed by atoms with Gasteiger partial charge < -0.3 is 15.6 Å². The van der Waals surface area contributed by atoms with Gasteiger partial charge in [0.25, 0.3) is 0 Å². The quantitative estimate of drug-likeness (QED) is 0.721. The van der Waals surface area contributed by atoms with Crippen molar-refractivity contribution in [1.82, 2.24) is 4.98 Å². The average molecular weight is 280 g/mol. The third kappa shape index (κ3) is 2.80. The predicted molar refractivity (Wildman–Crippen MR) is 82.9 cm³/mol. The lowest BCUT2D eigenvalue weighted by atomic mass is 10.1. The van der Waals surface area contributed by atoms with Gasteiger partial charge in [-0.2, -0.15) is 0 Å². The molecule has 3 rings (SSSR count). The number of aromatic nitrogens is 1. The molecule has 0 saturated heterocycles. The van der Waals surface area contributed by atoms with Gasteiger partial charge in [-0.1, -0.05) is 18.2 Å². The Kier molecular flexibility index (Phi) is 3.71. The Morgan fingerprint density at radius 1 is 1.10 bits per heavy atom. The molecule has 0 atom stereocenters. The van der Waals surface area contributed by atoms with Crippen LogP contribution in [0.4, 0.5) is 5.69 Å². The summed E-state index contributed by atoms with van der Waals surface area (Å²) in [5, 5.41) is 10.1. The van der Waals surface area contributed by atoms with Gasteiger partial charge in [0.1, 0.15) is 12.4 Å². The van der Waals surface area contributed by atoms with Crippen molar-refractivity contribution in [1.29, 1.82) is 0 Å². The molecule has 0 aliphatic carbocycles. The monoisotopic (exact) mass is 280 g/mol. The second-order valence-corrected chi connectivity index (χ2v) is 4.81. The number of nitrogen functional groups attached to an aromatic ring is 1. The topological polar surface area (TPSA) is 68.4 Å². The number of benzene rings is 2. The van der Waals surface area contributed by atoms with E-state index >= 15 is 0 Å². The van der Waals surface area contributed by atoms with E-state index in [1.54, 1.807) is 6.20 Å². The first-order valence-corrected chi connectivity index (χ1v) is 6.72. The van der Waals surface area contributed by atoms with Gasteiger partial charge >= 0.3 is 0 Å². The smallest absolute Gasteiger partial charge is 0.120 e. The summed E-state index contributed by atoms with van der Waals surface area (Å²) in [5.74, 6) is 0.724. The molecule has 1 aromatic heterocycles. The van der Waals surface area contributed by atoms with Gasteiger partial charge in [0.05, 0.1) is 12.1 Å². The zero-order valence-electron chi connectivity index (χ0n) is 11.5. The van der Waals surface area contributed by atoms with Crippen LogP contribution in [0.15, 0.2) is 54.7 Å². The highest BCUT2D eigenvalue weighted by Crippen LogP contribution is 2.24. The molecule has 0 aliphatic rings. The number of hydrogen-bond acceptors (Lipinski definition) is 4. The van der Waals surface area contributed by atoms with Crippen molar-refractivity contribution < 1.29 is 9.84 Å². The standard InChI is InChI=1S/C17H16N2O2/c18-16-7-6-13(17-15(16)5-2-8-19-17)11-21-14-4-1-3-12(9-14)10-20/h1-9,20H,10-11,18H2. The molecule has 0 fully saturated rings. The maximum Gasteiger partial charge on any atom is 0.120 e. The highest BCUT2D eigenvalue weighted by Gasteiger charge is 2.06. The zero-order valence-corrected chi connectivity index (χ0v) is 11.5. The molecule has 21 heavy (non-hydrogen) atoms. The molecule has 0 aliphatic heterocycles. The van der Waals surface area contributed by atoms with Crippen LogP contribution in [0.25, 0.3) is 10.9 Å². The van der Waals surface area contributed by atoms with Crippen molar-refractivity contribution in [3.05, 3.63) is 65.9 Å². The first kappa shape index (κ1) is 13.4. The molecular weight excluding hydrogens is 264 g/mol. The first-order valence-electron chi connectivity index (χ1n) is 6.72. The lowest BCUT2D eigenvalue weighted by molar-refractivity contribution is 0.278. The maximum absolute atomic E-state index is 9.14. The average Bonchev–Trinajstić information content (AvgIpc) is 2.55. The minimum Gasteiger partial charge on any atom is -0.489 e. The number of ether oxygens (including phenoxy) is 1. The fourth-order valence-electron chi connectivity index (χ4n) is 2.26. The summed E-state index contributed by atoms with van der Waals surface area (Å²) < 4.78 is 5.79. The summed E-state index contributed by atoms with van der Waals surface area (Å²) in [6.07, 6.45) is 1.75. The molecule has 1 heterocycles. The van der Waals surface area contributed by atoms with Crippen molar-refractivity contribution >= 4 is 16.6 Å². The number of pyridine rings is 1. The van der Waals surface area contributed by atoms with Gasteiger partial charge in [0.15, 0.2) is 0 Å². The van der Waals surface area contributed by atoms with E-state index in [0.717, 1.165) is 27.8 Å². The van der Waals surface area contributed by atoms with E-state index in [1.807, 2.05) is 48.5 Å². The number of aliphatic hydroxyl groups is 1. The van der Waals surface area contributed by atoms with Gasteiger partial charge in [-0.25, -0.2) is 0 Å². The summed E-state index contributed by atoms with van der Waals surface area (Å²) in [7, 11) is 0. The maximum atomic E-state index is 9.14. The Morgan fingerprint density at radius 2 is 2.00 bits per heavy atom. The van der Waals surface area contributed by atoms with Crippen molar-refractivity contribution in [3.63, 3.8) is 0 Å². The summed E-state index contributed by atoms with van der Waals surface area (Å²) in [4.78, 5) is 4.39. The molecule has 0 unspecified atom stereocenters. The molecule has 3 N–H and O–H groups in total. The van der Waals surface area contributed by atoms with E-state index < -0.39 is 0 Å². The second-order valence-electron chi connectivity index (χ2n) is 4.81. The highest BCUT2D eigenvalue weighted by molar-refractivity contribution is 5.92. The van der Waals surface area contributed by atoms with E-state index in [0.29, 0.717) is 12.3 Å². The van der Waals surface area contributed by atoms with E-state index in [1.165, 1.54) is 0 Å². The molecule has 2 aromatic carbocycles. The summed E-state index contributed by atoms with van der Waals surface area (Å²) in [6, 6.07) is 15.0. The molecule has 4 heteroatoms. The van der Waals surface area contributed by atoms with Crippen LogP contribution in [0, 0.1) is 0 Å². The molecule has 4 nitrogen and oxygen atoms in total. The molecule has 3 aromatic rings. The highest BCUT2D eigenvalue weighted by atomic mass is 16.5. The third-order valence-corrected chi connectivity index (χ3v) is 3.36. The Bertz CT molecular complexity index is 772. The van der Waals surface area contributed by atoms with Crippen LogP contribution in [0.3, 0.4) is 0 Å². The zero-order chi connectivity index (χ0) is 14.7. The second kappa shape index (κ2) is 5.81. The van der Waals surface area contributed by atoms with Crippen molar-refractivity contribution in [3.8, 4) is 5.75 Å². The van der Waals surface area contributed by atoms with E-state index in [9.17, 15) is 0 Å². The molecular formula is C17H16N2O2. The van der Waals surface area contributed by atoms with Gasteiger partial charge in [-0.15, -0.1) is 0 Å². The number of hydrogen-bond donors (Lipinski definition) is 2. The Hall–Kier alpha value is -2.59. The third-order valence-electron chi connectivity index (χ3n) is 3.36. The Morgan fingerprint density at radius 3 is 2.86 bits per heavy atom. The van der Waals surface area contributed by atoms with Crippen LogP contribution >= 0.6 is 0 Å². The number of anilines is 1. The number of fused-ring (bicyclic) bond motifs is 1. The lowest BCUT2D eigenvalue weighted by Gasteiger charge is -2.10. The van der Waals surface area contributed by atoms with Gasteiger partial charge in [-0.05, 0) is 35.9 Å². The van der Waals surface area contributed by atoms with Crippen LogP contribution < -0.4 is 10.5 Å². The van der Waals surface area contributed by atoms with Crippen molar-refractivity contribution in [2.24, 2.45) is 0 Å². The molecule has 0 amide bonds. The Balaban J connectivity index is 1.87. The van der Waals surface area contributed by atoms with E-state index in [4.69, 9.17) is 15.6 Å². The van der Waals surface area contributed by atoms with Crippen LogP contribution in [-0.2, 0) is 13.2 Å². The minimum absolute atomic E-state index is 0.00353. The molecule has 0 spiro atoms.